The van der Waals surface area contributed by atoms with Gasteiger partial charge >= 0.3 is 12.3 Å². The molecule has 322 valence electrons. The van der Waals surface area contributed by atoms with E-state index < -0.39 is 105 Å². The normalized spacial score (nSPS) is 30.7. The molecule has 3 saturated carbocycles. The van der Waals surface area contributed by atoms with Gasteiger partial charge in [0.25, 0.3) is 0 Å². The van der Waals surface area contributed by atoms with Crippen molar-refractivity contribution in [3.8, 4) is 11.6 Å². The summed E-state index contributed by atoms with van der Waals surface area (Å²) in [6, 6.07) is 1.06. The highest BCUT2D eigenvalue weighted by Gasteiger charge is 2.69. The number of halogens is 4. The number of nitrogens with one attached hydrogen (secondary N) is 3. The van der Waals surface area contributed by atoms with Crippen LogP contribution in [0, 0.1) is 29.0 Å². The van der Waals surface area contributed by atoms with E-state index in [1.165, 1.54) is 38.4 Å². The molecule has 19 heteroatoms. The quantitative estimate of drug-likeness (QED) is 0.218. The van der Waals surface area contributed by atoms with Gasteiger partial charge in [0.15, 0.2) is 5.72 Å². The van der Waals surface area contributed by atoms with Crippen molar-refractivity contribution in [3.63, 3.8) is 0 Å². The van der Waals surface area contributed by atoms with Gasteiger partial charge in [-0.2, -0.15) is 13.2 Å². The molecule has 2 aliphatic heterocycles. The molecule has 1 aromatic carbocycles. The summed E-state index contributed by atoms with van der Waals surface area (Å²) >= 11 is 0. The zero-order valence-corrected chi connectivity index (χ0v) is 34.0. The van der Waals surface area contributed by atoms with Gasteiger partial charge in [-0.15, -0.1) is 0 Å². The Balaban J connectivity index is 1.24. The summed E-state index contributed by atoms with van der Waals surface area (Å²) in [5, 5.41) is 5.92. The second kappa shape index (κ2) is 15.4. The van der Waals surface area contributed by atoms with Crippen LogP contribution in [0.15, 0.2) is 36.5 Å². The number of pyridine rings is 1. The maximum atomic E-state index is 14.9. The lowest BCUT2D eigenvalue weighted by molar-refractivity contribution is -0.193. The summed E-state index contributed by atoms with van der Waals surface area (Å²) < 4.78 is 101. The van der Waals surface area contributed by atoms with Crippen molar-refractivity contribution < 1.29 is 59.4 Å². The Bertz CT molecular complexity index is 2160. The molecule has 0 bridgehead atoms. The number of fused-ring (bicyclic) bond motifs is 3. The van der Waals surface area contributed by atoms with Gasteiger partial charge in [0.2, 0.25) is 33.6 Å². The van der Waals surface area contributed by atoms with E-state index in [-0.39, 0.29) is 36.6 Å². The lowest BCUT2D eigenvalue weighted by Crippen LogP contribution is -2.59. The topological polar surface area (TPSA) is 182 Å². The Morgan fingerprint density at radius 2 is 1.83 bits per heavy atom. The third-order valence-electron chi connectivity index (χ3n) is 12.7. The van der Waals surface area contributed by atoms with E-state index in [1.807, 2.05) is 17.7 Å². The number of methoxy groups -OCH3 is 1. The molecule has 7 rings (SSSR count). The molecule has 3 heterocycles. The van der Waals surface area contributed by atoms with Crippen LogP contribution in [0.1, 0.15) is 85.0 Å². The fourth-order valence-electron chi connectivity index (χ4n) is 8.31. The third kappa shape index (κ3) is 8.27. The number of hydrogen-bond acceptors (Lipinski definition) is 10. The minimum Gasteiger partial charge on any atom is -0.494 e. The minimum absolute atomic E-state index is 0.0405. The Kier molecular flexibility index (Phi) is 11.1. The Morgan fingerprint density at radius 3 is 2.47 bits per heavy atom. The van der Waals surface area contributed by atoms with Crippen LogP contribution in [0.3, 0.4) is 0 Å². The zero-order chi connectivity index (χ0) is 42.7. The average Bonchev–Trinajstić information content (AvgIpc) is 4.12. The van der Waals surface area contributed by atoms with E-state index in [0.29, 0.717) is 49.7 Å². The number of carbonyl (C=O) groups excluding carboxylic acids is 4. The van der Waals surface area contributed by atoms with Crippen molar-refractivity contribution in [1.29, 1.82) is 0 Å². The van der Waals surface area contributed by atoms with E-state index in [2.05, 4.69) is 15.6 Å². The van der Waals surface area contributed by atoms with Crippen molar-refractivity contribution in [3.05, 3.63) is 42.4 Å². The average molecular weight is 852 g/mol. The van der Waals surface area contributed by atoms with Crippen LogP contribution in [0.2, 0.25) is 0 Å². The number of carbonyl (C=O) groups is 4. The summed E-state index contributed by atoms with van der Waals surface area (Å²) in [7, 11) is -2.69. The first-order valence-electron chi connectivity index (χ1n) is 20.0. The third-order valence-corrected chi connectivity index (χ3v) is 14.8. The van der Waals surface area contributed by atoms with Crippen molar-refractivity contribution in [2.45, 2.75) is 120 Å². The van der Waals surface area contributed by atoms with Crippen LogP contribution in [-0.2, 0) is 29.1 Å². The maximum Gasteiger partial charge on any atom is 0.423 e. The van der Waals surface area contributed by atoms with Gasteiger partial charge in [-0.05, 0) is 81.9 Å². The van der Waals surface area contributed by atoms with Gasteiger partial charge in [-0.25, -0.2) is 27.3 Å². The number of amides is 4. The van der Waals surface area contributed by atoms with Crippen LogP contribution >= 0.6 is 0 Å². The Hall–Kier alpha value is -4.68. The van der Waals surface area contributed by atoms with Crippen molar-refractivity contribution >= 4 is 44.6 Å². The molecule has 0 radical (unpaired) electrons. The first-order valence-corrected chi connectivity index (χ1v) is 21.4. The minimum atomic E-state index is -4.85. The number of rotatable bonds is 9. The van der Waals surface area contributed by atoms with Crippen LogP contribution < -0.4 is 24.8 Å². The number of hydrogen-bond donors (Lipinski definition) is 3. The van der Waals surface area contributed by atoms with Gasteiger partial charge in [0.1, 0.15) is 35.2 Å². The number of allylic oxidation sites excluding steroid dienone is 1. The predicted octanol–water partition coefficient (Wildman–Crippen LogP) is 5.40. The summed E-state index contributed by atoms with van der Waals surface area (Å²) in [5.74, 6) is -4.50. The number of ether oxygens (including phenoxy) is 3. The number of alkyl halides is 3. The van der Waals surface area contributed by atoms with E-state index in [1.54, 1.807) is 13.0 Å². The maximum absolute atomic E-state index is 14.9. The van der Waals surface area contributed by atoms with Gasteiger partial charge < -0.3 is 29.7 Å². The second-order valence-electron chi connectivity index (χ2n) is 17.0. The standard InChI is InChI=1S/C40H49F4N5O9S/c1-5-23-16-22(2)8-6-7-9-24-19-39(24,58-36(53)48-59(54,55)37(3)12-13-37)47-32(50)29-18-26(57-33-28-17-25(41)10-11-27(28)30(56-4)20-45-33)21-49(29)34(51)31(23)46-35(52)38(14-15-38)40(42,43)44/h7,9-11,17,20,22-24,26,29,31H,5-6,8,12-16,18-19,21H2,1-4H3,(H,46,52)(H,47,50)(H,48,53)/b9-7-/t22-,23-,24-,26-,29+,31+,39-/m1/s1. The molecule has 4 fully saturated rings. The molecule has 2 aromatic rings. The number of benzene rings is 1. The molecule has 1 saturated heterocycles. The van der Waals surface area contributed by atoms with Gasteiger partial charge in [0.05, 0.1) is 30.0 Å². The molecule has 1 aromatic heterocycles. The highest BCUT2D eigenvalue weighted by molar-refractivity contribution is 7.91. The first-order chi connectivity index (χ1) is 27.7. The van der Waals surface area contributed by atoms with Gasteiger partial charge in [0, 0.05) is 24.1 Å². The van der Waals surface area contributed by atoms with Gasteiger partial charge in [-0.1, -0.05) is 32.4 Å². The molecular weight excluding hydrogens is 803 g/mol. The van der Waals surface area contributed by atoms with Gasteiger partial charge in [-0.3, -0.25) is 14.4 Å². The zero-order valence-electron chi connectivity index (χ0n) is 33.2. The van der Waals surface area contributed by atoms with Crippen LogP contribution in [0.4, 0.5) is 22.4 Å². The van der Waals surface area contributed by atoms with Crippen molar-refractivity contribution in [2.75, 3.05) is 13.7 Å². The van der Waals surface area contributed by atoms with E-state index >= 15 is 0 Å². The lowest BCUT2D eigenvalue weighted by atomic mass is 9.84. The Labute approximate surface area is 339 Å². The highest BCUT2D eigenvalue weighted by Crippen LogP contribution is 2.58. The monoisotopic (exact) mass is 851 g/mol. The Morgan fingerprint density at radius 1 is 1.10 bits per heavy atom. The lowest BCUT2D eigenvalue weighted by Gasteiger charge is -2.35. The summed E-state index contributed by atoms with van der Waals surface area (Å²) in [6.45, 7) is 4.92. The summed E-state index contributed by atoms with van der Waals surface area (Å²) in [4.78, 5) is 61.5. The molecule has 14 nitrogen and oxygen atoms in total. The predicted molar refractivity (Wildman–Crippen MR) is 204 cm³/mol. The molecule has 3 N–H and O–H groups in total. The molecule has 7 atom stereocenters. The summed E-state index contributed by atoms with van der Waals surface area (Å²) in [5.41, 5.74) is -4.33. The number of sulfonamides is 1. The van der Waals surface area contributed by atoms with Crippen LogP contribution in [-0.4, -0.2) is 90.6 Å². The molecule has 59 heavy (non-hydrogen) atoms. The highest BCUT2D eigenvalue weighted by atomic mass is 32.2. The van der Waals surface area contributed by atoms with Crippen molar-refractivity contribution in [1.82, 2.24) is 25.2 Å². The molecule has 0 unspecified atom stereocenters. The second-order valence-corrected chi connectivity index (χ2v) is 19.2. The van der Waals surface area contributed by atoms with E-state index in [0.717, 1.165) is 4.90 Å². The van der Waals surface area contributed by atoms with E-state index in [4.69, 9.17) is 14.2 Å². The van der Waals surface area contributed by atoms with E-state index in [9.17, 15) is 45.2 Å². The molecule has 3 aliphatic carbocycles. The molecular formula is C40H49F4N5O9S. The largest absolute Gasteiger partial charge is 0.494 e. The molecule has 4 amide bonds. The van der Waals surface area contributed by atoms with Crippen LogP contribution in [0.25, 0.3) is 10.8 Å². The molecule has 0 spiro atoms. The fraction of sp³-hybridized carbons (Fsp3) is 0.625. The van der Waals surface area contributed by atoms with Crippen molar-refractivity contribution in [2.24, 2.45) is 23.2 Å². The smallest absolute Gasteiger partial charge is 0.423 e. The fourth-order valence-corrected chi connectivity index (χ4v) is 9.45. The number of nitrogens with zero attached hydrogens (tertiary/aromatic N) is 2. The number of aromatic nitrogens is 1. The SMILES string of the molecule is CC[C@@H]1C[C@H](C)CC/C=C\[C@@H]2C[C@]2(OC(=O)NS(=O)(=O)C2(C)CC2)NC(=O)[C@@H]2C[C@@H](Oc3ncc(OC)c4ccc(F)cc34)CN2C(=O)[C@H]1NC(=O)C1(C(F)(F)F)CC1. The summed E-state index contributed by atoms with van der Waals surface area (Å²) in [6.07, 6.45) is -0.586. The molecule has 5 aliphatic rings. The first kappa shape index (κ1) is 42.4. The van der Waals surface area contributed by atoms with Crippen LogP contribution in [0.5, 0.6) is 11.6 Å².